The summed E-state index contributed by atoms with van der Waals surface area (Å²) in [6.07, 6.45) is 1.10. The first-order valence-corrected chi connectivity index (χ1v) is 31.6. The van der Waals surface area contributed by atoms with Crippen LogP contribution in [0.25, 0.3) is 21.3 Å². The molecule has 22 nitrogen and oxygen atoms in total. The van der Waals surface area contributed by atoms with Gasteiger partial charge in [-0.2, -0.15) is 5.10 Å². The van der Waals surface area contributed by atoms with Gasteiger partial charge >= 0.3 is 0 Å². The van der Waals surface area contributed by atoms with Crippen LogP contribution in [-0.2, 0) is 55.8 Å². The number of anilines is 3. The van der Waals surface area contributed by atoms with E-state index >= 15 is 0 Å². The molecule has 3 fully saturated rings. The number of nitrogens with one attached hydrogen (secondary N) is 6. The van der Waals surface area contributed by atoms with Crippen LogP contribution in [0.15, 0.2) is 84.4 Å². The number of halogens is 2. The Morgan fingerprint density at radius 3 is 2.14 bits per heavy atom. The van der Waals surface area contributed by atoms with Crippen LogP contribution in [-0.4, -0.2) is 196 Å². The average Bonchev–Trinajstić information content (AvgIpc) is 1.59. The van der Waals surface area contributed by atoms with Gasteiger partial charge in [-0.3, -0.25) is 34.0 Å². The van der Waals surface area contributed by atoms with Crippen molar-refractivity contribution in [1.29, 1.82) is 0 Å². The van der Waals surface area contributed by atoms with E-state index in [2.05, 4.69) is 51.6 Å². The van der Waals surface area contributed by atoms with E-state index in [4.69, 9.17) is 23.7 Å². The second-order valence-corrected chi connectivity index (χ2v) is 24.7. The van der Waals surface area contributed by atoms with Crippen molar-refractivity contribution < 1.29 is 61.5 Å². The van der Waals surface area contributed by atoms with Gasteiger partial charge in [0.15, 0.2) is 5.82 Å². The molecule has 0 radical (unpaired) electrons. The van der Waals surface area contributed by atoms with Gasteiger partial charge in [0.25, 0.3) is 5.91 Å². The number of ether oxygens (including phenoxy) is 5. The molecule has 0 spiro atoms. The number of aliphatic hydroxyl groups excluding tert-OH is 1. The van der Waals surface area contributed by atoms with E-state index in [0.717, 1.165) is 51.9 Å². The summed E-state index contributed by atoms with van der Waals surface area (Å²) in [5.74, 6) is -2.58. The molecule has 3 saturated heterocycles. The Labute approximate surface area is 527 Å². The molecule has 5 heterocycles. The molecule has 0 bridgehead atoms. The molecular formula is C65H83F2N11O11S. The fourth-order valence-electron chi connectivity index (χ4n) is 11.1. The highest BCUT2D eigenvalue weighted by molar-refractivity contribution is 7.13. The summed E-state index contributed by atoms with van der Waals surface area (Å²) in [5.41, 5.74) is 8.07. The predicted octanol–water partition coefficient (Wildman–Crippen LogP) is 6.21. The molecule has 4 aromatic carbocycles. The number of thiazole rings is 1. The first-order valence-electron chi connectivity index (χ1n) is 30.8. The molecule has 7 N–H and O–H groups in total. The number of amides is 5. The van der Waals surface area contributed by atoms with Crippen LogP contribution in [0.3, 0.4) is 0 Å². The number of carbonyl (C=O) groups is 5. The second-order valence-electron chi connectivity index (χ2n) is 23.9. The maximum Gasteiger partial charge on any atom is 0.258 e. The zero-order valence-corrected chi connectivity index (χ0v) is 52.4. The van der Waals surface area contributed by atoms with Gasteiger partial charge in [0.2, 0.25) is 23.6 Å². The highest BCUT2D eigenvalue weighted by Gasteiger charge is 2.44. The molecule has 9 rings (SSSR count). The quantitative estimate of drug-likeness (QED) is 0.0247. The molecule has 90 heavy (non-hydrogen) atoms. The van der Waals surface area contributed by atoms with Gasteiger partial charge in [0.1, 0.15) is 23.7 Å². The van der Waals surface area contributed by atoms with Crippen molar-refractivity contribution in [2.24, 2.45) is 5.41 Å². The van der Waals surface area contributed by atoms with Gasteiger partial charge < -0.3 is 65.2 Å². The highest BCUT2D eigenvalue weighted by atomic mass is 32.1. The lowest BCUT2D eigenvalue weighted by atomic mass is 9.85. The molecule has 5 amide bonds. The lowest BCUT2D eigenvalue weighted by Crippen LogP contribution is -2.57. The number of fused-ring (bicyclic) bond motifs is 1. The lowest BCUT2D eigenvalue weighted by molar-refractivity contribution is -0.144. The monoisotopic (exact) mass is 1260 g/mol. The van der Waals surface area contributed by atoms with Gasteiger partial charge in [-0.05, 0) is 96.3 Å². The van der Waals surface area contributed by atoms with Crippen molar-refractivity contribution in [2.45, 2.75) is 90.6 Å². The summed E-state index contributed by atoms with van der Waals surface area (Å²) >= 11 is 1.57. The number of hydrogen-bond acceptors (Lipinski definition) is 17. The van der Waals surface area contributed by atoms with E-state index in [1.807, 2.05) is 93.9 Å². The summed E-state index contributed by atoms with van der Waals surface area (Å²) in [5, 5.41) is 33.9. The Bertz CT molecular complexity index is 3350. The number of nitrogens with zero attached hydrogens (tertiary/aromatic N) is 5. The van der Waals surface area contributed by atoms with E-state index in [1.54, 1.807) is 11.3 Å². The number of likely N-dealkylation sites (tertiary alicyclic amines) is 1. The molecule has 484 valence electrons. The number of aromatic nitrogens is 3. The molecule has 3 aliphatic heterocycles. The minimum Gasteiger partial charge on any atom is -0.391 e. The smallest absolute Gasteiger partial charge is 0.258 e. The molecule has 1 unspecified atom stereocenters. The van der Waals surface area contributed by atoms with Crippen LogP contribution >= 0.6 is 11.3 Å². The van der Waals surface area contributed by atoms with Gasteiger partial charge in [-0.15, -0.1) is 11.3 Å². The van der Waals surface area contributed by atoms with Crippen LogP contribution in [0.1, 0.15) is 79.2 Å². The van der Waals surface area contributed by atoms with Crippen molar-refractivity contribution in [3.63, 3.8) is 0 Å². The number of carbonyl (C=O) groups excluding carboxylic acids is 5. The number of aryl methyl sites for hydroxylation is 1. The third kappa shape index (κ3) is 19.3. The van der Waals surface area contributed by atoms with E-state index in [9.17, 15) is 37.9 Å². The normalized spacial score (nSPS) is 16.9. The fourth-order valence-corrected chi connectivity index (χ4v) is 11.9. The number of H-pyrrole nitrogens is 1. The van der Waals surface area contributed by atoms with Crippen LogP contribution in [0.4, 0.5) is 26.0 Å². The first kappa shape index (κ1) is 66.9. The molecule has 2 aromatic heterocycles. The van der Waals surface area contributed by atoms with Crippen molar-refractivity contribution >= 4 is 69.0 Å². The van der Waals surface area contributed by atoms with E-state index < -0.39 is 41.1 Å². The molecule has 3 atom stereocenters. The van der Waals surface area contributed by atoms with Crippen molar-refractivity contribution in [3.8, 4) is 10.4 Å². The van der Waals surface area contributed by atoms with Gasteiger partial charge in [0, 0.05) is 101 Å². The summed E-state index contributed by atoms with van der Waals surface area (Å²) in [7, 11) is 0. The number of β-amino-alcohol motifs (C(OH)–C–C–N with tert-alkyl or cyclic N) is 1. The predicted molar refractivity (Wildman–Crippen MR) is 338 cm³/mol. The topological polar surface area (TPSA) is 263 Å². The minimum atomic E-state index is -0.949. The van der Waals surface area contributed by atoms with E-state index in [0.29, 0.717) is 119 Å². The molecule has 3 aliphatic rings. The second kappa shape index (κ2) is 32.5. The third-order valence-corrected chi connectivity index (χ3v) is 17.0. The third-order valence-electron chi connectivity index (χ3n) is 16.0. The molecule has 0 aliphatic carbocycles. The number of aromatic amines is 1. The lowest BCUT2D eigenvalue weighted by Gasteiger charge is -2.36. The SMILES string of the molecule is Cc1ncsc1-c1ccc(CNC(=O)[C@@H]2C[C@@H](O)CN2C(=O)C(NC(=O)CCOCCOCCOCCOCCNC(=O)CN2CCN(c3ccc(C(=O)Nc4n[nH]c5ccc(Cc6cc(F)cc(F)c6)cc45)c(NC4CCOCC4)c3)CC2)C(C)(C)C)cc1. The Morgan fingerprint density at radius 2 is 1.47 bits per heavy atom. The number of benzene rings is 4. The van der Waals surface area contributed by atoms with Crippen LogP contribution < -0.4 is 31.5 Å². The Hall–Kier alpha value is -7.49. The van der Waals surface area contributed by atoms with E-state index in [1.165, 1.54) is 17.0 Å². The average molecular weight is 1260 g/mol. The zero-order valence-electron chi connectivity index (χ0n) is 51.6. The molecular weight excluding hydrogens is 1180 g/mol. The first-order chi connectivity index (χ1) is 43.4. The number of aliphatic hydroxyl groups is 1. The molecule has 0 saturated carbocycles. The molecule has 25 heteroatoms. The number of hydrogen-bond donors (Lipinski definition) is 7. The summed E-state index contributed by atoms with van der Waals surface area (Å²) in [6, 6.07) is 20.9. The highest BCUT2D eigenvalue weighted by Crippen LogP contribution is 2.32. The standard InChI is InChI=1S/C65H83F2N11O11S/c1-42-59(90-41-70-42)46-8-5-43(6-9-46)38-69-63(83)56-37-51(79)39-78(56)64(84)60(65(2,3)4)72-57(80)15-23-86-25-27-88-29-30-89-28-26-87-24-16-68-58(81)40-76-17-19-77(20-18-76)50-10-11-52(55(36-50)71-49-13-21-85-22-14-49)62(82)73-61-53-34-44(7-12-54(53)74-75-61)31-45-32-47(66)35-48(67)33-45/h5-12,32-36,41,49,51,56,60,71,79H,13-31,37-40H2,1-4H3,(H,68,81)(H,69,83)(H,72,80)(H2,73,74,75,82)/t51-,56+,60?/m1/s1. The van der Waals surface area contributed by atoms with Crippen LogP contribution in [0.5, 0.6) is 0 Å². The van der Waals surface area contributed by atoms with Gasteiger partial charge in [-0.1, -0.05) is 51.1 Å². The summed E-state index contributed by atoms with van der Waals surface area (Å²) in [4.78, 5) is 78.6. The van der Waals surface area contributed by atoms with Crippen LogP contribution in [0, 0.1) is 24.0 Å². The van der Waals surface area contributed by atoms with E-state index in [-0.39, 0.29) is 82.0 Å². The Kier molecular flexibility index (Phi) is 24.2. The van der Waals surface area contributed by atoms with Crippen LogP contribution in [0.2, 0.25) is 0 Å². The van der Waals surface area contributed by atoms with Gasteiger partial charge in [-0.25, -0.2) is 13.8 Å². The number of piperazine rings is 1. The zero-order chi connectivity index (χ0) is 63.6. The Morgan fingerprint density at radius 1 is 0.789 bits per heavy atom. The van der Waals surface area contributed by atoms with Crippen molar-refractivity contribution in [3.05, 3.63) is 124 Å². The number of rotatable bonds is 30. The van der Waals surface area contributed by atoms with Gasteiger partial charge in [0.05, 0.1) is 92.7 Å². The largest absolute Gasteiger partial charge is 0.391 e. The fraction of sp³-hybridized carbons (Fsp3) is 0.492. The minimum absolute atomic E-state index is 0.00604. The summed E-state index contributed by atoms with van der Waals surface area (Å²) < 4.78 is 56.0. The molecule has 6 aromatic rings. The van der Waals surface area contributed by atoms with Crippen molar-refractivity contribution in [1.82, 2.24) is 40.9 Å². The van der Waals surface area contributed by atoms with Crippen molar-refractivity contribution in [2.75, 3.05) is 127 Å². The Balaban J connectivity index is 0.606. The maximum absolute atomic E-state index is 14.0. The summed E-state index contributed by atoms with van der Waals surface area (Å²) in [6.45, 7) is 14.6. The maximum atomic E-state index is 14.0.